The molecule has 0 aliphatic carbocycles. The molecule has 0 aromatic carbocycles. The molecule has 1 aromatic heterocycles. The summed E-state index contributed by atoms with van der Waals surface area (Å²) in [6.45, 7) is 3.31. The molecule has 0 amide bonds. The molecule has 0 aliphatic rings. The molecular formula is C9H15N3O3S. The van der Waals surface area contributed by atoms with Crippen LogP contribution >= 0.6 is 0 Å². The molecule has 2 N–H and O–H groups in total. The van der Waals surface area contributed by atoms with Gasteiger partial charge in [-0.1, -0.05) is 0 Å². The lowest BCUT2D eigenvalue weighted by Crippen LogP contribution is -2.33. The molecule has 0 fully saturated rings. The number of nitrogens with zero attached hydrogens (tertiary/aromatic N) is 2. The van der Waals surface area contributed by atoms with Gasteiger partial charge in [0.25, 0.3) is 0 Å². The zero-order valence-electron chi connectivity index (χ0n) is 9.41. The molecule has 0 spiro atoms. The fraction of sp³-hybridized carbons (Fsp3) is 0.556. The minimum atomic E-state index is -3.68. The second-order valence-electron chi connectivity index (χ2n) is 3.57. The van der Waals surface area contributed by atoms with Gasteiger partial charge >= 0.3 is 0 Å². The van der Waals surface area contributed by atoms with Crippen molar-refractivity contribution in [3.05, 3.63) is 23.8 Å². The van der Waals surface area contributed by atoms with Gasteiger partial charge in [0.15, 0.2) is 5.82 Å². The minimum Gasteiger partial charge on any atom is -0.372 e. The van der Waals surface area contributed by atoms with E-state index in [2.05, 4.69) is 9.97 Å². The highest BCUT2D eigenvalue weighted by molar-refractivity contribution is 7.89. The summed E-state index contributed by atoms with van der Waals surface area (Å²) < 4.78 is 27.5. The molecular weight excluding hydrogens is 230 g/mol. The first-order valence-corrected chi connectivity index (χ1v) is 6.30. The van der Waals surface area contributed by atoms with Gasteiger partial charge in [-0.15, -0.1) is 0 Å². The van der Waals surface area contributed by atoms with Gasteiger partial charge in [0.05, 0.1) is 0 Å². The Morgan fingerprint density at radius 2 is 1.88 bits per heavy atom. The molecule has 90 valence electrons. The molecule has 2 atom stereocenters. The highest BCUT2D eigenvalue weighted by atomic mass is 32.2. The predicted octanol–water partition coefficient (Wildman–Crippen LogP) is 0.150. The topological polar surface area (TPSA) is 95.2 Å². The Labute approximate surface area is 94.9 Å². The third kappa shape index (κ3) is 2.97. The molecule has 0 aliphatic heterocycles. The number of rotatable bonds is 4. The lowest BCUT2D eigenvalue weighted by Gasteiger charge is -2.19. The highest BCUT2D eigenvalue weighted by Gasteiger charge is 2.29. The lowest BCUT2D eigenvalue weighted by molar-refractivity contribution is 0.0948. The molecule has 6 nitrogen and oxygen atoms in total. The van der Waals surface area contributed by atoms with Gasteiger partial charge in [0.1, 0.15) is 11.4 Å². The van der Waals surface area contributed by atoms with Crippen LogP contribution in [0.15, 0.2) is 12.4 Å². The highest BCUT2D eigenvalue weighted by Crippen LogP contribution is 2.20. The standard InChI is InChI=1S/C9H15N3O3S/c1-6-4-11-9(12-5-6)8(15-3)7(2)16(10,13)14/h4-5,7-8H,1-3H3,(H2,10,13,14)/t7-,8+/m1/s1. The Bertz CT molecular complexity index is 444. The number of hydrogen-bond acceptors (Lipinski definition) is 5. The minimum absolute atomic E-state index is 0.314. The van der Waals surface area contributed by atoms with Crippen LogP contribution in [0.25, 0.3) is 0 Å². The Kier molecular flexibility index (Phi) is 3.95. The second-order valence-corrected chi connectivity index (χ2v) is 5.49. The van der Waals surface area contributed by atoms with Crippen molar-refractivity contribution in [3.8, 4) is 0 Å². The van der Waals surface area contributed by atoms with Gasteiger partial charge in [-0.05, 0) is 19.4 Å². The van der Waals surface area contributed by atoms with Gasteiger partial charge in [-0.25, -0.2) is 23.5 Å². The summed E-state index contributed by atoms with van der Waals surface area (Å²) in [7, 11) is -2.28. The summed E-state index contributed by atoms with van der Waals surface area (Å²) in [5, 5.41) is 4.17. The van der Waals surface area contributed by atoms with Gasteiger partial charge in [-0.3, -0.25) is 0 Å². The summed E-state index contributed by atoms with van der Waals surface area (Å²) in [5.41, 5.74) is 0.891. The molecule has 0 radical (unpaired) electrons. The Morgan fingerprint density at radius 3 is 2.25 bits per heavy atom. The van der Waals surface area contributed by atoms with Crippen LogP contribution in [0, 0.1) is 6.92 Å². The summed E-state index contributed by atoms with van der Waals surface area (Å²) in [6.07, 6.45) is 2.45. The van der Waals surface area contributed by atoms with E-state index in [1.165, 1.54) is 14.0 Å². The Morgan fingerprint density at radius 1 is 1.38 bits per heavy atom. The van der Waals surface area contributed by atoms with E-state index in [4.69, 9.17) is 9.88 Å². The zero-order chi connectivity index (χ0) is 12.3. The van der Waals surface area contributed by atoms with Crippen molar-refractivity contribution < 1.29 is 13.2 Å². The van der Waals surface area contributed by atoms with Crippen LogP contribution < -0.4 is 5.14 Å². The van der Waals surface area contributed by atoms with E-state index in [9.17, 15) is 8.42 Å². The van der Waals surface area contributed by atoms with E-state index in [0.717, 1.165) is 5.56 Å². The average molecular weight is 245 g/mol. The molecule has 1 aromatic rings. The quantitative estimate of drug-likeness (QED) is 0.814. The number of aromatic nitrogens is 2. The Hall–Kier alpha value is -1.05. The SMILES string of the molecule is CO[C@H](c1ncc(C)cn1)[C@@H](C)S(N)(=O)=O. The third-order valence-electron chi connectivity index (χ3n) is 2.25. The number of sulfonamides is 1. The largest absolute Gasteiger partial charge is 0.372 e. The van der Waals surface area contributed by atoms with Crippen LogP contribution in [0.5, 0.6) is 0 Å². The summed E-state index contributed by atoms with van der Waals surface area (Å²) in [5.74, 6) is 0.314. The lowest BCUT2D eigenvalue weighted by atomic mass is 10.2. The second kappa shape index (κ2) is 4.86. The molecule has 1 rings (SSSR count). The van der Waals surface area contributed by atoms with E-state index >= 15 is 0 Å². The number of aryl methyl sites for hydroxylation is 1. The van der Waals surface area contributed by atoms with Gasteiger partial charge in [0.2, 0.25) is 10.0 Å². The average Bonchev–Trinajstić information content (AvgIpc) is 2.20. The van der Waals surface area contributed by atoms with Crippen LogP contribution in [0.3, 0.4) is 0 Å². The van der Waals surface area contributed by atoms with E-state index in [0.29, 0.717) is 5.82 Å². The molecule has 1 heterocycles. The summed E-state index contributed by atoms with van der Waals surface area (Å²) >= 11 is 0. The number of nitrogens with two attached hydrogens (primary N) is 1. The fourth-order valence-electron chi connectivity index (χ4n) is 1.23. The van der Waals surface area contributed by atoms with Crippen molar-refractivity contribution in [2.45, 2.75) is 25.2 Å². The van der Waals surface area contributed by atoms with Crippen molar-refractivity contribution in [2.24, 2.45) is 5.14 Å². The third-order valence-corrected chi connectivity index (χ3v) is 3.54. The summed E-state index contributed by atoms with van der Waals surface area (Å²) in [6, 6.07) is 0. The Balaban J connectivity index is 3.03. The van der Waals surface area contributed by atoms with Crippen LogP contribution in [-0.2, 0) is 14.8 Å². The van der Waals surface area contributed by atoms with Crippen molar-refractivity contribution in [3.63, 3.8) is 0 Å². The monoisotopic (exact) mass is 245 g/mol. The predicted molar refractivity (Wildman–Crippen MR) is 59.1 cm³/mol. The molecule has 0 unspecified atom stereocenters. The first-order chi connectivity index (χ1) is 7.36. The normalized spacial score (nSPS) is 15.8. The van der Waals surface area contributed by atoms with Crippen LogP contribution in [0.1, 0.15) is 24.4 Å². The molecule has 0 saturated carbocycles. The fourth-order valence-corrected chi connectivity index (χ4v) is 1.81. The van der Waals surface area contributed by atoms with E-state index in [1.807, 2.05) is 6.92 Å². The van der Waals surface area contributed by atoms with Crippen LogP contribution in [0.2, 0.25) is 0 Å². The number of ether oxygens (including phenoxy) is 1. The first-order valence-electron chi connectivity index (χ1n) is 4.69. The smallest absolute Gasteiger partial charge is 0.214 e. The number of primary sulfonamides is 1. The van der Waals surface area contributed by atoms with Crippen molar-refractivity contribution in [1.29, 1.82) is 0 Å². The van der Waals surface area contributed by atoms with Gasteiger partial charge < -0.3 is 4.74 Å². The van der Waals surface area contributed by atoms with Crippen molar-refractivity contribution >= 4 is 10.0 Å². The molecule has 0 bridgehead atoms. The maximum Gasteiger partial charge on any atom is 0.214 e. The number of methoxy groups -OCH3 is 1. The van der Waals surface area contributed by atoms with Crippen LogP contribution in [0.4, 0.5) is 0 Å². The molecule has 7 heteroatoms. The van der Waals surface area contributed by atoms with Gasteiger partial charge in [0, 0.05) is 19.5 Å². The van der Waals surface area contributed by atoms with Gasteiger partial charge in [-0.2, -0.15) is 0 Å². The summed E-state index contributed by atoms with van der Waals surface area (Å²) in [4.78, 5) is 8.06. The van der Waals surface area contributed by atoms with Crippen molar-refractivity contribution in [1.82, 2.24) is 9.97 Å². The van der Waals surface area contributed by atoms with E-state index < -0.39 is 21.4 Å². The van der Waals surface area contributed by atoms with E-state index in [-0.39, 0.29) is 0 Å². The maximum absolute atomic E-state index is 11.2. The number of hydrogen-bond donors (Lipinski definition) is 1. The molecule has 0 saturated heterocycles. The van der Waals surface area contributed by atoms with E-state index in [1.54, 1.807) is 12.4 Å². The van der Waals surface area contributed by atoms with Crippen molar-refractivity contribution in [2.75, 3.05) is 7.11 Å². The molecule has 16 heavy (non-hydrogen) atoms. The first kappa shape index (κ1) is 13.0. The maximum atomic E-state index is 11.2. The van der Waals surface area contributed by atoms with Crippen LogP contribution in [-0.4, -0.2) is 30.7 Å². The zero-order valence-corrected chi connectivity index (χ0v) is 10.2.